The molecule has 0 aliphatic rings. The lowest BCUT2D eigenvalue weighted by molar-refractivity contribution is -0.142. The summed E-state index contributed by atoms with van der Waals surface area (Å²) in [6.45, 7) is 5.59. The second-order valence-corrected chi connectivity index (χ2v) is 2.00. The molecule has 0 aromatic carbocycles. The molecule has 10 heavy (non-hydrogen) atoms. The van der Waals surface area contributed by atoms with Gasteiger partial charge < -0.3 is 10.1 Å². The average Bonchev–Trinajstić information content (AvgIpc) is 1.97. The molecule has 0 saturated heterocycles. The molecule has 0 heterocycles. The van der Waals surface area contributed by atoms with Crippen molar-refractivity contribution in [2.45, 2.75) is 20.3 Å². The molecule has 1 N–H and O–H groups in total. The molecule has 0 aromatic heterocycles. The molecule has 0 amide bonds. The van der Waals surface area contributed by atoms with Crippen LogP contribution in [0.3, 0.4) is 0 Å². The molecular weight excluding hydrogens is 130 g/mol. The highest BCUT2D eigenvalue weighted by atomic mass is 16.5. The Kier molecular flexibility index (Phi) is 6.18. The number of hydrogen-bond donors (Lipinski definition) is 1. The molecule has 0 atom stereocenters. The van der Waals surface area contributed by atoms with Crippen molar-refractivity contribution >= 4 is 5.97 Å². The van der Waals surface area contributed by atoms with Gasteiger partial charge in [0.05, 0.1) is 13.2 Å². The summed E-state index contributed by atoms with van der Waals surface area (Å²) in [5.41, 5.74) is 0. The molecule has 0 bridgehead atoms. The number of rotatable bonds is 5. The smallest absolute Gasteiger partial charge is 0.319 e. The van der Waals surface area contributed by atoms with Crippen LogP contribution in [-0.4, -0.2) is 25.7 Å². The van der Waals surface area contributed by atoms with Gasteiger partial charge in [-0.25, -0.2) is 0 Å². The first-order valence-electron chi connectivity index (χ1n) is 3.67. The largest absolute Gasteiger partial charge is 0.465 e. The molecule has 0 unspecified atom stereocenters. The van der Waals surface area contributed by atoms with Crippen molar-refractivity contribution in [3.05, 3.63) is 0 Å². The van der Waals surface area contributed by atoms with E-state index in [1.165, 1.54) is 0 Å². The fourth-order valence-corrected chi connectivity index (χ4v) is 0.494. The number of carbonyl (C=O) groups excluding carboxylic acids is 1. The maximum Gasteiger partial charge on any atom is 0.319 e. The first-order chi connectivity index (χ1) is 4.81. The van der Waals surface area contributed by atoms with Crippen LogP contribution in [0.2, 0.25) is 0 Å². The summed E-state index contributed by atoms with van der Waals surface area (Å²) >= 11 is 0. The van der Waals surface area contributed by atoms with Crippen LogP contribution in [-0.2, 0) is 9.53 Å². The lowest BCUT2D eigenvalue weighted by atomic mass is 10.5. The van der Waals surface area contributed by atoms with Crippen molar-refractivity contribution < 1.29 is 9.53 Å². The van der Waals surface area contributed by atoms with Crippen LogP contribution < -0.4 is 5.32 Å². The molecule has 0 saturated carbocycles. The maximum absolute atomic E-state index is 10.7. The summed E-state index contributed by atoms with van der Waals surface area (Å²) in [4.78, 5) is 10.7. The SMILES string of the molecule is CCCOC(=O)CNCC. The van der Waals surface area contributed by atoms with Crippen molar-refractivity contribution in [1.29, 1.82) is 0 Å². The highest BCUT2D eigenvalue weighted by Crippen LogP contribution is 1.80. The van der Waals surface area contributed by atoms with Gasteiger partial charge in [0, 0.05) is 0 Å². The quantitative estimate of drug-likeness (QED) is 0.574. The topological polar surface area (TPSA) is 38.3 Å². The van der Waals surface area contributed by atoms with E-state index in [1.807, 2.05) is 13.8 Å². The summed E-state index contributed by atoms with van der Waals surface area (Å²) in [5, 5.41) is 2.88. The van der Waals surface area contributed by atoms with Gasteiger partial charge >= 0.3 is 5.97 Å². The first kappa shape index (κ1) is 9.43. The zero-order valence-electron chi connectivity index (χ0n) is 6.64. The van der Waals surface area contributed by atoms with E-state index in [2.05, 4.69) is 5.32 Å². The minimum atomic E-state index is -0.163. The van der Waals surface area contributed by atoms with Crippen molar-refractivity contribution in [3.8, 4) is 0 Å². The summed E-state index contributed by atoms with van der Waals surface area (Å²) in [5.74, 6) is -0.163. The van der Waals surface area contributed by atoms with Crippen LogP contribution in [0.25, 0.3) is 0 Å². The average molecular weight is 145 g/mol. The van der Waals surface area contributed by atoms with Crippen molar-refractivity contribution in [3.63, 3.8) is 0 Å². The van der Waals surface area contributed by atoms with E-state index in [1.54, 1.807) is 0 Å². The molecule has 3 nitrogen and oxygen atoms in total. The van der Waals surface area contributed by atoms with Crippen LogP contribution in [0.4, 0.5) is 0 Å². The Labute approximate surface area is 61.8 Å². The van der Waals surface area contributed by atoms with E-state index >= 15 is 0 Å². The van der Waals surface area contributed by atoms with Gasteiger partial charge in [-0.3, -0.25) is 4.79 Å². The van der Waals surface area contributed by atoms with Gasteiger partial charge in [0.1, 0.15) is 0 Å². The lowest BCUT2D eigenvalue weighted by Gasteiger charge is -2.01. The Morgan fingerprint density at radius 2 is 2.20 bits per heavy atom. The molecule has 0 aromatic rings. The Hall–Kier alpha value is -0.570. The summed E-state index contributed by atoms with van der Waals surface area (Å²) in [6, 6.07) is 0. The summed E-state index contributed by atoms with van der Waals surface area (Å²) in [7, 11) is 0. The van der Waals surface area contributed by atoms with Gasteiger partial charge in [0.2, 0.25) is 0 Å². The molecule has 0 rings (SSSR count). The molecule has 0 aliphatic heterocycles. The van der Waals surface area contributed by atoms with Gasteiger partial charge in [0.15, 0.2) is 0 Å². The van der Waals surface area contributed by atoms with E-state index in [9.17, 15) is 4.79 Å². The van der Waals surface area contributed by atoms with E-state index in [0.29, 0.717) is 13.2 Å². The van der Waals surface area contributed by atoms with Crippen LogP contribution in [0, 0.1) is 0 Å². The minimum Gasteiger partial charge on any atom is -0.465 e. The van der Waals surface area contributed by atoms with E-state index in [0.717, 1.165) is 13.0 Å². The minimum absolute atomic E-state index is 0.163. The second-order valence-electron chi connectivity index (χ2n) is 2.00. The number of ether oxygens (including phenoxy) is 1. The summed E-state index contributed by atoms with van der Waals surface area (Å²) in [6.07, 6.45) is 0.887. The molecule has 0 aliphatic carbocycles. The third kappa shape index (κ3) is 5.56. The number of esters is 1. The van der Waals surface area contributed by atoms with E-state index < -0.39 is 0 Å². The Balaban J connectivity index is 3.09. The van der Waals surface area contributed by atoms with Gasteiger partial charge in [-0.1, -0.05) is 13.8 Å². The van der Waals surface area contributed by atoms with Gasteiger partial charge in [-0.15, -0.1) is 0 Å². The second kappa shape index (κ2) is 6.55. The Bertz CT molecular complexity index is 83.6. The number of likely N-dealkylation sites (N-methyl/N-ethyl adjacent to an activating group) is 1. The molecule has 60 valence electrons. The van der Waals surface area contributed by atoms with Gasteiger partial charge in [-0.05, 0) is 13.0 Å². The fourth-order valence-electron chi connectivity index (χ4n) is 0.494. The predicted octanol–water partition coefficient (Wildman–Crippen LogP) is 0.549. The zero-order chi connectivity index (χ0) is 7.82. The maximum atomic E-state index is 10.7. The summed E-state index contributed by atoms with van der Waals surface area (Å²) < 4.78 is 4.79. The molecule has 0 fully saturated rings. The van der Waals surface area contributed by atoms with Gasteiger partial charge in [0.25, 0.3) is 0 Å². The van der Waals surface area contributed by atoms with Gasteiger partial charge in [-0.2, -0.15) is 0 Å². The fraction of sp³-hybridized carbons (Fsp3) is 0.857. The third-order valence-electron chi connectivity index (χ3n) is 0.987. The predicted molar refractivity (Wildman–Crippen MR) is 39.8 cm³/mol. The first-order valence-corrected chi connectivity index (χ1v) is 3.67. The monoisotopic (exact) mass is 145 g/mol. The zero-order valence-corrected chi connectivity index (χ0v) is 6.64. The Morgan fingerprint density at radius 1 is 1.50 bits per heavy atom. The molecule has 3 heteroatoms. The lowest BCUT2D eigenvalue weighted by Crippen LogP contribution is -2.24. The van der Waals surface area contributed by atoms with Crippen LogP contribution in [0.1, 0.15) is 20.3 Å². The van der Waals surface area contributed by atoms with Crippen molar-refractivity contribution in [1.82, 2.24) is 5.32 Å². The number of nitrogens with one attached hydrogen (secondary N) is 1. The van der Waals surface area contributed by atoms with Crippen LogP contribution in [0.5, 0.6) is 0 Å². The molecule has 0 radical (unpaired) electrons. The van der Waals surface area contributed by atoms with E-state index in [4.69, 9.17) is 4.74 Å². The highest BCUT2D eigenvalue weighted by Gasteiger charge is 1.97. The molecule has 0 spiro atoms. The standard InChI is InChI=1S/C7H15NO2/c1-3-5-10-7(9)6-8-4-2/h8H,3-6H2,1-2H3. The highest BCUT2D eigenvalue weighted by molar-refractivity contribution is 5.71. The van der Waals surface area contributed by atoms with Crippen LogP contribution >= 0.6 is 0 Å². The Morgan fingerprint density at radius 3 is 2.70 bits per heavy atom. The van der Waals surface area contributed by atoms with Crippen LogP contribution in [0.15, 0.2) is 0 Å². The molecular formula is C7H15NO2. The third-order valence-corrected chi connectivity index (χ3v) is 0.987. The number of hydrogen-bond acceptors (Lipinski definition) is 3. The van der Waals surface area contributed by atoms with E-state index in [-0.39, 0.29) is 5.97 Å². The van der Waals surface area contributed by atoms with Crippen molar-refractivity contribution in [2.75, 3.05) is 19.7 Å². The normalized spacial score (nSPS) is 9.40. The van der Waals surface area contributed by atoms with Crippen molar-refractivity contribution in [2.24, 2.45) is 0 Å². The number of carbonyl (C=O) groups is 1.